The Kier molecular flexibility index (Phi) is 5.60. The van der Waals surface area contributed by atoms with Crippen LogP contribution in [0.2, 0.25) is 0 Å². The highest BCUT2D eigenvalue weighted by Gasteiger charge is 2.21. The van der Waals surface area contributed by atoms with Gasteiger partial charge >= 0.3 is 0 Å². The summed E-state index contributed by atoms with van der Waals surface area (Å²) in [6, 6.07) is 11.6. The molecule has 2 heterocycles. The molecule has 0 bridgehead atoms. The third-order valence-electron chi connectivity index (χ3n) is 4.63. The molecular weight excluding hydrogens is 332 g/mol. The van der Waals surface area contributed by atoms with Crippen LogP contribution in [0.15, 0.2) is 36.4 Å². The zero-order valence-electron chi connectivity index (χ0n) is 14.7. The van der Waals surface area contributed by atoms with E-state index in [1.54, 1.807) is 0 Å². The van der Waals surface area contributed by atoms with Crippen molar-refractivity contribution in [2.45, 2.75) is 39.4 Å². The number of hydrogen-bond donors (Lipinski definition) is 1. The van der Waals surface area contributed by atoms with Crippen LogP contribution < -0.4 is 5.32 Å². The highest BCUT2D eigenvalue weighted by Crippen LogP contribution is 2.13. The van der Waals surface area contributed by atoms with E-state index in [4.69, 9.17) is 12.2 Å². The summed E-state index contributed by atoms with van der Waals surface area (Å²) < 4.78 is 2.90. The van der Waals surface area contributed by atoms with Gasteiger partial charge < -0.3 is 9.88 Å². The number of nitrogens with one attached hydrogen (secondary N) is 1. The van der Waals surface area contributed by atoms with E-state index < -0.39 is 0 Å². The Hall–Kier alpha value is -2.05. The zero-order chi connectivity index (χ0) is 17.8. The Morgan fingerprint density at radius 1 is 1.24 bits per heavy atom. The van der Waals surface area contributed by atoms with Crippen molar-refractivity contribution in [2.24, 2.45) is 0 Å². The molecule has 1 aromatic heterocycles. The number of hydrogen-bond acceptors (Lipinski definition) is 4. The predicted octanol–water partition coefficient (Wildman–Crippen LogP) is 3.08. The fourth-order valence-corrected chi connectivity index (χ4v) is 3.57. The fourth-order valence-electron chi connectivity index (χ4n) is 3.21. The van der Waals surface area contributed by atoms with E-state index in [-0.39, 0.29) is 11.9 Å². The van der Waals surface area contributed by atoms with Crippen molar-refractivity contribution in [3.63, 3.8) is 0 Å². The second-order valence-electron chi connectivity index (χ2n) is 6.58. The van der Waals surface area contributed by atoms with Gasteiger partial charge in [-0.2, -0.15) is 0 Å². The molecule has 0 aliphatic carbocycles. The van der Waals surface area contributed by atoms with Gasteiger partial charge in [-0.1, -0.05) is 30.4 Å². The molecule has 0 unspecified atom stereocenters. The summed E-state index contributed by atoms with van der Waals surface area (Å²) in [4.78, 5) is 19.1. The number of carbonyl (C=O) groups is 1. The van der Waals surface area contributed by atoms with Gasteiger partial charge in [-0.25, -0.2) is 4.98 Å². The van der Waals surface area contributed by atoms with Crippen LogP contribution in [-0.4, -0.2) is 39.5 Å². The van der Waals surface area contributed by atoms with Gasteiger partial charge in [0, 0.05) is 30.4 Å². The van der Waals surface area contributed by atoms with Crippen molar-refractivity contribution in [3.05, 3.63) is 58.1 Å². The van der Waals surface area contributed by atoms with E-state index in [0.717, 1.165) is 54.3 Å². The number of rotatable bonds is 4. The number of carbonyl (C=O) groups excluding carboxylic acids is 1. The quantitative estimate of drug-likeness (QED) is 0.856. The highest BCUT2D eigenvalue weighted by molar-refractivity contribution is 7.71. The molecule has 2 aromatic rings. The molecule has 6 heteroatoms. The zero-order valence-corrected chi connectivity index (χ0v) is 15.6. The second-order valence-corrected chi connectivity index (χ2v) is 7.00. The first-order valence-corrected chi connectivity index (χ1v) is 9.07. The van der Waals surface area contributed by atoms with Crippen LogP contribution in [0.4, 0.5) is 0 Å². The molecule has 0 atom stereocenters. The van der Waals surface area contributed by atoms with Crippen LogP contribution in [0.25, 0.3) is 0 Å². The molecule has 1 aromatic carbocycles. The maximum absolute atomic E-state index is 12.3. The first kappa shape index (κ1) is 17.8. The topological polar surface area (TPSA) is 50.2 Å². The lowest BCUT2D eigenvalue weighted by atomic mass is 10.0. The molecule has 0 radical (unpaired) electrons. The summed E-state index contributed by atoms with van der Waals surface area (Å²) >= 11 is 5.47. The number of piperidine rings is 1. The number of nitrogens with zero attached hydrogens (tertiary/aromatic N) is 3. The fraction of sp³-hybridized carbons (Fsp3) is 0.421. The molecule has 1 fully saturated rings. The van der Waals surface area contributed by atoms with Crippen LogP contribution >= 0.6 is 12.2 Å². The molecule has 3 rings (SSSR count). The molecule has 25 heavy (non-hydrogen) atoms. The molecule has 1 aliphatic rings. The van der Waals surface area contributed by atoms with E-state index in [0.29, 0.717) is 0 Å². The summed E-state index contributed by atoms with van der Waals surface area (Å²) in [6.45, 7) is 6.60. The minimum atomic E-state index is 0.0137. The van der Waals surface area contributed by atoms with Crippen molar-refractivity contribution >= 4 is 18.1 Å². The lowest BCUT2D eigenvalue weighted by Crippen LogP contribution is -2.45. The molecule has 0 spiro atoms. The smallest absolute Gasteiger partial charge is 0.251 e. The third-order valence-corrected chi connectivity index (χ3v) is 4.97. The van der Waals surface area contributed by atoms with Gasteiger partial charge in [-0.05, 0) is 44.9 Å². The van der Waals surface area contributed by atoms with Crippen molar-refractivity contribution in [2.75, 3.05) is 13.1 Å². The molecule has 132 valence electrons. The minimum Gasteiger partial charge on any atom is -0.349 e. The van der Waals surface area contributed by atoms with Crippen molar-refractivity contribution < 1.29 is 4.79 Å². The lowest BCUT2D eigenvalue weighted by Gasteiger charge is -2.33. The van der Waals surface area contributed by atoms with Crippen molar-refractivity contribution in [1.82, 2.24) is 19.8 Å². The highest BCUT2D eigenvalue weighted by atomic mass is 32.1. The van der Waals surface area contributed by atoms with Crippen LogP contribution in [0.1, 0.15) is 34.7 Å². The molecular formula is C19H24N4OS. The Bertz CT molecular complexity index is 795. The summed E-state index contributed by atoms with van der Waals surface area (Å²) in [5.41, 5.74) is 1.68. The largest absolute Gasteiger partial charge is 0.349 e. The average molecular weight is 356 g/mol. The Labute approximate surface area is 153 Å². The van der Waals surface area contributed by atoms with E-state index in [2.05, 4.69) is 19.8 Å². The molecule has 5 nitrogen and oxygen atoms in total. The van der Waals surface area contributed by atoms with E-state index >= 15 is 0 Å². The number of aryl methyl sites for hydroxylation is 2. The van der Waals surface area contributed by atoms with Gasteiger partial charge in [0.05, 0.1) is 6.67 Å². The molecule has 1 saturated heterocycles. The molecule has 1 aliphatic heterocycles. The maximum Gasteiger partial charge on any atom is 0.251 e. The first-order valence-electron chi connectivity index (χ1n) is 8.66. The Morgan fingerprint density at radius 3 is 2.56 bits per heavy atom. The van der Waals surface area contributed by atoms with Gasteiger partial charge in [0.2, 0.25) is 0 Å². The van der Waals surface area contributed by atoms with Crippen LogP contribution in [-0.2, 0) is 6.67 Å². The summed E-state index contributed by atoms with van der Waals surface area (Å²) in [5, 5.41) is 3.14. The van der Waals surface area contributed by atoms with Gasteiger partial charge in [0.15, 0.2) is 0 Å². The predicted molar refractivity (Wildman–Crippen MR) is 101 cm³/mol. The summed E-state index contributed by atoms with van der Waals surface area (Å²) in [7, 11) is 0. The van der Waals surface area contributed by atoms with Gasteiger partial charge in [-0.15, -0.1) is 0 Å². The van der Waals surface area contributed by atoms with Crippen LogP contribution in [0.3, 0.4) is 0 Å². The lowest BCUT2D eigenvalue weighted by molar-refractivity contribution is 0.0898. The third kappa shape index (κ3) is 4.52. The van der Waals surface area contributed by atoms with Crippen molar-refractivity contribution in [3.8, 4) is 0 Å². The molecule has 1 N–H and O–H groups in total. The standard InChI is InChI=1S/C19H24N4OS/c1-14-12-18(25)23(15(2)20-14)13-22-10-8-17(9-11-22)21-19(24)16-6-4-3-5-7-16/h3-7,12,17H,8-11,13H2,1-2H3,(H,21,24). The Balaban J connectivity index is 1.54. The molecule has 1 amide bonds. The number of amides is 1. The SMILES string of the molecule is Cc1cc(=S)n(CN2CCC(NC(=O)c3ccccc3)CC2)c(C)n1. The van der Waals surface area contributed by atoms with Gasteiger partial charge in [0.25, 0.3) is 5.91 Å². The first-order chi connectivity index (χ1) is 12.0. The normalized spacial score (nSPS) is 15.9. The van der Waals surface area contributed by atoms with E-state index in [1.807, 2.05) is 50.2 Å². The number of benzene rings is 1. The number of aromatic nitrogens is 2. The molecule has 0 saturated carbocycles. The minimum absolute atomic E-state index is 0.0137. The summed E-state index contributed by atoms with van der Waals surface area (Å²) in [5.74, 6) is 0.962. The average Bonchev–Trinajstić information content (AvgIpc) is 2.60. The summed E-state index contributed by atoms with van der Waals surface area (Å²) in [6.07, 6.45) is 1.90. The van der Waals surface area contributed by atoms with E-state index in [1.165, 1.54) is 0 Å². The second kappa shape index (κ2) is 7.89. The van der Waals surface area contributed by atoms with E-state index in [9.17, 15) is 4.79 Å². The van der Waals surface area contributed by atoms with Gasteiger partial charge in [-0.3, -0.25) is 9.69 Å². The Morgan fingerprint density at radius 2 is 1.92 bits per heavy atom. The number of likely N-dealkylation sites (tertiary alicyclic amines) is 1. The van der Waals surface area contributed by atoms with Gasteiger partial charge in [0.1, 0.15) is 10.5 Å². The maximum atomic E-state index is 12.3. The van der Waals surface area contributed by atoms with Crippen LogP contribution in [0.5, 0.6) is 0 Å². The van der Waals surface area contributed by atoms with Crippen LogP contribution in [0, 0.1) is 18.5 Å². The van der Waals surface area contributed by atoms with Crippen molar-refractivity contribution in [1.29, 1.82) is 0 Å². The monoisotopic (exact) mass is 356 g/mol.